The number of imide groups is 1. The lowest BCUT2D eigenvalue weighted by atomic mass is 10.3. The molecule has 0 bridgehead atoms. The minimum absolute atomic E-state index is 0.307. The van der Waals surface area contributed by atoms with E-state index >= 15 is 0 Å². The number of amides is 3. The van der Waals surface area contributed by atoms with Gasteiger partial charge in [-0.05, 0) is 26.0 Å². The smallest absolute Gasteiger partial charge is 0.325 e. The van der Waals surface area contributed by atoms with E-state index in [0.717, 1.165) is 31.2 Å². The summed E-state index contributed by atoms with van der Waals surface area (Å²) in [5.41, 5.74) is -0.307. The number of hydrogen-bond donors (Lipinski definition) is 2. The molecule has 0 aliphatic carbocycles. The Bertz CT molecular complexity index is 819. The number of non-ortho nitro benzene ring substituents is 1. The lowest BCUT2D eigenvalue weighted by Gasteiger charge is -2.16. The van der Waals surface area contributed by atoms with Crippen LogP contribution in [0.15, 0.2) is 29.2 Å². The van der Waals surface area contributed by atoms with Crippen LogP contribution in [0.4, 0.5) is 10.5 Å². The zero-order valence-corrected chi connectivity index (χ0v) is 14.9. The number of carbonyl (C=O) groups excluding carboxylic acids is 3. The van der Waals surface area contributed by atoms with Crippen molar-refractivity contribution in [3.05, 3.63) is 34.4 Å². The van der Waals surface area contributed by atoms with Gasteiger partial charge in [-0.15, -0.1) is 0 Å². The molecular weight excluding hydrogens is 370 g/mol. The highest BCUT2D eigenvalue weighted by Crippen LogP contribution is 2.20. The summed E-state index contributed by atoms with van der Waals surface area (Å²) in [4.78, 5) is 44.3. The monoisotopic (exact) mass is 387 g/mol. The maximum Gasteiger partial charge on any atom is 0.325 e. The van der Waals surface area contributed by atoms with Gasteiger partial charge < -0.3 is 10.1 Å². The Labute approximate surface area is 148 Å². The van der Waals surface area contributed by atoms with Crippen molar-refractivity contribution >= 4 is 33.4 Å². The van der Waals surface area contributed by atoms with Gasteiger partial charge in [0.15, 0.2) is 21.2 Å². The van der Waals surface area contributed by atoms with Gasteiger partial charge in [0.2, 0.25) is 0 Å². The Kier molecular flexibility index (Phi) is 6.78. The number of urea groups is 1. The molecule has 0 radical (unpaired) electrons. The summed E-state index contributed by atoms with van der Waals surface area (Å²) >= 11 is 0. The van der Waals surface area contributed by atoms with E-state index < -0.39 is 44.0 Å². The van der Waals surface area contributed by atoms with Gasteiger partial charge in [-0.25, -0.2) is 13.2 Å². The summed E-state index contributed by atoms with van der Waals surface area (Å²) in [6, 6.07) is 3.16. The molecule has 2 atom stereocenters. The Balaban J connectivity index is 2.87. The first-order chi connectivity index (χ1) is 12.0. The molecule has 1 aromatic carbocycles. The maximum atomic E-state index is 12.4. The minimum Gasteiger partial charge on any atom is -0.452 e. The van der Waals surface area contributed by atoms with Crippen LogP contribution in [0.3, 0.4) is 0 Å². The number of esters is 1. The minimum atomic E-state index is -4.19. The van der Waals surface area contributed by atoms with Gasteiger partial charge in [-0.1, -0.05) is 0 Å². The van der Waals surface area contributed by atoms with E-state index in [1.165, 1.54) is 14.0 Å². The van der Waals surface area contributed by atoms with Crippen molar-refractivity contribution in [3.8, 4) is 0 Å². The van der Waals surface area contributed by atoms with E-state index in [9.17, 15) is 32.9 Å². The summed E-state index contributed by atoms with van der Waals surface area (Å²) in [5, 5.41) is 12.9. The molecule has 0 unspecified atom stereocenters. The van der Waals surface area contributed by atoms with Crippen LogP contribution in [0, 0.1) is 10.1 Å². The second-order valence-electron chi connectivity index (χ2n) is 5.09. The molecule has 0 aromatic heterocycles. The first kappa shape index (κ1) is 21.0. The van der Waals surface area contributed by atoms with Crippen molar-refractivity contribution in [2.45, 2.75) is 30.1 Å². The number of nitrogens with zero attached hydrogens (tertiary/aromatic N) is 1. The van der Waals surface area contributed by atoms with Gasteiger partial charge in [0, 0.05) is 19.2 Å². The van der Waals surface area contributed by atoms with Crippen LogP contribution in [0.2, 0.25) is 0 Å². The lowest BCUT2D eigenvalue weighted by Crippen LogP contribution is -2.44. The number of rotatable bonds is 6. The Morgan fingerprint density at radius 3 is 2.15 bits per heavy atom. The normalized spacial score (nSPS) is 13.2. The maximum absolute atomic E-state index is 12.4. The van der Waals surface area contributed by atoms with Crippen molar-refractivity contribution in [1.29, 1.82) is 0 Å². The second-order valence-corrected chi connectivity index (χ2v) is 7.35. The van der Waals surface area contributed by atoms with E-state index in [-0.39, 0.29) is 10.6 Å². The largest absolute Gasteiger partial charge is 0.452 e. The molecule has 1 rings (SSSR count). The predicted molar refractivity (Wildman–Crippen MR) is 87.9 cm³/mol. The lowest BCUT2D eigenvalue weighted by molar-refractivity contribution is -0.384. The van der Waals surface area contributed by atoms with Crippen LogP contribution < -0.4 is 10.6 Å². The van der Waals surface area contributed by atoms with E-state index in [4.69, 9.17) is 4.74 Å². The zero-order chi connectivity index (χ0) is 20.1. The molecule has 0 aliphatic rings. The van der Waals surface area contributed by atoms with Crippen LogP contribution in [-0.4, -0.2) is 49.7 Å². The van der Waals surface area contributed by atoms with E-state index in [1.54, 1.807) is 0 Å². The van der Waals surface area contributed by atoms with Crippen molar-refractivity contribution in [2.24, 2.45) is 0 Å². The summed E-state index contributed by atoms with van der Waals surface area (Å²) in [6.07, 6.45) is -1.41. The fraction of sp³-hybridized carbons (Fsp3) is 0.357. The summed E-state index contributed by atoms with van der Waals surface area (Å²) in [5.74, 6) is -2.14. The van der Waals surface area contributed by atoms with Gasteiger partial charge in [0.25, 0.3) is 11.6 Å². The van der Waals surface area contributed by atoms with Crippen LogP contribution in [-0.2, 0) is 24.2 Å². The predicted octanol–water partition coefficient (Wildman–Crippen LogP) is 0.144. The fourth-order valence-electron chi connectivity index (χ4n) is 1.69. The first-order valence-electron chi connectivity index (χ1n) is 7.22. The SMILES string of the molecule is CNC(=O)NC(=O)[C@H](C)OC(=O)[C@H](C)S(=O)(=O)c1ccc([N+](=O)[O-])cc1. The molecule has 12 heteroatoms. The molecule has 26 heavy (non-hydrogen) atoms. The van der Waals surface area contributed by atoms with Crippen LogP contribution >= 0.6 is 0 Å². The number of benzene rings is 1. The van der Waals surface area contributed by atoms with Gasteiger partial charge in [-0.3, -0.25) is 25.0 Å². The highest BCUT2D eigenvalue weighted by atomic mass is 32.2. The molecule has 1 aromatic rings. The average molecular weight is 387 g/mol. The molecule has 0 aliphatic heterocycles. The molecule has 142 valence electrons. The molecule has 0 saturated carbocycles. The topological polar surface area (TPSA) is 162 Å². The third-order valence-electron chi connectivity index (χ3n) is 3.30. The Morgan fingerprint density at radius 1 is 1.15 bits per heavy atom. The number of sulfone groups is 1. The van der Waals surface area contributed by atoms with Crippen molar-refractivity contribution < 1.29 is 32.5 Å². The number of carbonyl (C=O) groups is 3. The molecule has 0 fully saturated rings. The third kappa shape index (κ3) is 4.99. The molecule has 0 saturated heterocycles. The summed E-state index contributed by atoms with van der Waals surface area (Å²) in [6.45, 7) is 2.23. The molecule has 3 amide bonds. The number of nitrogens with one attached hydrogen (secondary N) is 2. The van der Waals surface area contributed by atoms with Gasteiger partial charge in [-0.2, -0.15) is 0 Å². The molecule has 0 heterocycles. The Hall–Kier alpha value is -3.02. The molecule has 0 spiro atoms. The van der Waals surface area contributed by atoms with Gasteiger partial charge in [0.05, 0.1) is 9.82 Å². The summed E-state index contributed by atoms with van der Waals surface area (Å²) < 4.78 is 29.6. The highest BCUT2D eigenvalue weighted by molar-refractivity contribution is 7.92. The first-order valence-corrected chi connectivity index (χ1v) is 8.76. The van der Waals surface area contributed by atoms with Crippen LogP contribution in [0.1, 0.15) is 13.8 Å². The number of nitro groups is 1. The quantitative estimate of drug-likeness (QED) is 0.396. The van der Waals surface area contributed by atoms with Crippen LogP contribution in [0.5, 0.6) is 0 Å². The molecule has 11 nitrogen and oxygen atoms in total. The van der Waals surface area contributed by atoms with E-state index in [1.807, 2.05) is 5.32 Å². The number of nitro benzene ring substituents is 1. The van der Waals surface area contributed by atoms with Crippen molar-refractivity contribution in [2.75, 3.05) is 7.05 Å². The van der Waals surface area contributed by atoms with Crippen LogP contribution in [0.25, 0.3) is 0 Å². The molecular formula is C14H17N3O8S. The van der Waals surface area contributed by atoms with Crippen molar-refractivity contribution in [1.82, 2.24) is 10.6 Å². The van der Waals surface area contributed by atoms with E-state index in [2.05, 4.69) is 5.32 Å². The highest BCUT2D eigenvalue weighted by Gasteiger charge is 2.33. The average Bonchev–Trinajstić information content (AvgIpc) is 2.60. The zero-order valence-electron chi connectivity index (χ0n) is 14.1. The number of hydrogen-bond acceptors (Lipinski definition) is 8. The second kappa shape index (κ2) is 8.38. The van der Waals surface area contributed by atoms with Gasteiger partial charge in [0.1, 0.15) is 0 Å². The van der Waals surface area contributed by atoms with Crippen molar-refractivity contribution in [3.63, 3.8) is 0 Å². The van der Waals surface area contributed by atoms with E-state index in [0.29, 0.717) is 0 Å². The summed E-state index contributed by atoms with van der Waals surface area (Å²) in [7, 11) is -2.91. The fourth-order valence-corrected chi connectivity index (χ4v) is 2.92. The molecule has 2 N–H and O–H groups in total. The van der Waals surface area contributed by atoms with Gasteiger partial charge >= 0.3 is 12.0 Å². The Morgan fingerprint density at radius 2 is 1.69 bits per heavy atom. The third-order valence-corrected chi connectivity index (χ3v) is 5.35. The standard InChI is InChI=1S/C14H17N3O8S/c1-8(12(18)16-14(20)15-3)25-13(19)9(2)26(23,24)11-6-4-10(5-7-11)17(21)22/h4-9H,1-3H3,(H2,15,16,18,20)/t8-,9-/m0/s1. The number of ether oxygens (including phenoxy) is 1.